The Morgan fingerprint density at radius 1 is 1.11 bits per heavy atom. The minimum Gasteiger partial charge on any atom is -0.473 e. The Kier molecular flexibility index (Phi) is 7.01. The maximum atomic E-state index is 11.6. The van der Waals surface area contributed by atoms with Crippen LogP contribution in [0.4, 0.5) is 0 Å². The number of hydrogen-bond acceptors (Lipinski definition) is 10. The fourth-order valence-electron chi connectivity index (χ4n) is 2.50. The summed E-state index contributed by atoms with van der Waals surface area (Å²) in [5.74, 6) is -1.37. The number of thioether (sulfide) groups is 1. The van der Waals surface area contributed by atoms with E-state index in [2.05, 4.69) is 4.98 Å². The first-order valence-electron chi connectivity index (χ1n) is 7.95. The third-order valence-electron chi connectivity index (χ3n) is 3.45. The van der Waals surface area contributed by atoms with E-state index in [-0.39, 0.29) is 17.1 Å². The van der Waals surface area contributed by atoms with Crippen molar-refractivity contribution in [2.45, 2.75) is 44.5 Å². The zero-order chi connectivity index (χ0) is 20.0. The van der Waals surface area contributed by atoms with Gasteiger partial charge in [0.1, 0.15) is 6.07 Å². The van der Waals surface area contributed by atoms with Crippen molar-refractivity contribution in [1.29, 1.82) is 5.26 Å². The normalized spacial score (nSPS) is 24.2. The van der Waals surface area contributed by atoms with Crippen molar-refractivity contribution in [2.75, 3.05) is 5.75 Å². The molecule has 1 saturated heterocycles. The molecule has 9 nitrogen and oxygen atoms in total. The monoisotopic (exact) mass is 394 g/mol. The molecule has 144 valence electrons. The first-order chi connectivity index (χ1) is 12.8. The van der Waals surface area contributed by atoms with E-state index in [4.69, 9.17) is 18.9 Å². The minimum atomic E-state index is -1.05. The van der Waals surface area contributed by atoms with Gasteiger partial charge in [0.2, 0.25) is 0 Å². The number of rotatable bonds is 5. The molecule has 1 aliphatic rings. The number of ether oxygens (including phenoxy) is 4. The lowest BCUT2D eigenvalue weighted by Gasteiger charge is -2.39. The second-order valence-corrected chi connectivity index (χ2v) is 6.73. The predicted octanol–water partition coefficient (Wildman–Crippen LogP) is 1.20. The summed E-state index contributed by atoms with van der Waals surface area (Å²) in [7, 11) is 0. The topological polar surface area (TPSA) is 125 Å². The number of carbonyl (C=O) groups excluding carboxylic acids is 3. The maximum absolute atomic E-state index is 11.6. The quantitative estimate of drug-likeness (QED) is 0.531. The average Bonchev–Trinajstić information content (AvgIpc) is 2.59. The highest BCUT2D eigenvalue weighted by atomic mass is 32.2. The Hall–Kier alpha value is -2.80. The molecule has 0 radical (unpaired) electrons. The van der Waals surface area contributed by atoms with Crippen molar-refractivity contribution >= 4 is 29.7 Å². The highest BCUT2D eigenvalue weighted by Gasteiger charge is 2.47. The van der Waals surface area contributed by atoms with Crippen molar-refractivity contribution in [3.05, 3.63) is 24.0 Å². The molecule has 1 aliphatic heterocycles. The van der Waals surface area contributed by atoms with E-state index >= 15 is 0 Å². The number of carbonyl (C=O) groups is 3. The van der Waals surface area contributed by atoms with Gasteiger partial charge in [0, 0.05) is 32.7 Å². The Labute approximate surface area is 159 Å². The van der Waals surface area contributed by atoms with Crippen LogP contribution in [0.25, 0.3) is 0 Å². The summed E-state index contributed by atoms with van der Waals surface area (Å²) in [6, 6.07) is 3.46. The minimum absolute atomic E-state index is 0.196. The highest BCUT2D eigenvalue weighted by Crippen LogP contribution is 2.34. The molecule has 0 bridgehead atoms. The van der Waals surface area contributed by atoms with Crippen LogP contribution in [0.15, 0.2) is 18.5 Å². The van der Waals surface area contributed by atoms with Gasteiger partial charge in [0.05, 0.1) is 11.8 Å². The van der Waals surface area contributed by atoms with Gasteiger partial charge in [-0.2, -0.15) is 5.26 Å². The lowest BCUT2D eigenvalue weighted by Crippen LogP contribution is -2.55. The summed E-state index contributed by atoms with van der Waals surface area (Å²) in [5.41, 5.74) is -0.556. The summed E-state index contributed by atoms with van der Waals surface area (Å²) >= 11 is 1.20. The number of pyridine rings is 1. The fraction of sp³-hybridized carbons (Fsp3) is 0.471. The van der Waals surface area contributed by atoms with Crippen LogP contribution in [0.1, 0.15) is 26.3 Å². The van der Waals surface area contributed by atoms with Gasteiger partial charge in [0.25, 0.3) is 0 Å². The highest BCUT2D eigenvalue weighted by molar-refractivity contribution is 7.99. The summed E-state index contributed by atoms with van der Waals surface area (Å²) in [6.07, 6.45) is -0.112. The molecule has 1 aromatic heterocycles. The fourth-order valence-corrected chi connectivity index (χ4v) is 3.71. The summed E-state index contributed by atoms with van der Waals surface area (Å²) in [5, 5.41) is 9.19. The van der Waals surface area contributed by atoms with Crippen LogP contribution in [0.3, 0.4) is 0 Å². The van der Waals surface area contributed by atoms with E-state index in [0.717, 1.165) is 0 Å². The van der Waals surface area contributed by atoms with Gasteiger partial charge in [-0.3, -0.25) is 19.4 Å². The van der Waals surface area contributed by atoms with Crippen LogP contribution in [0, 0.1) is 11.3 Å². The molecule has 1 fully saturated rings. The van der Waals surface area contributed by atoms with E-state index in [1.54, 1.807) is 0 Å². The zero-order valence-electron chi connectivity index (χ0n) is 14.9. The zero-order valence-corrected chi connectivity index (χ0v) is 15.7. The lowest BCUT2D eigenvalue weighted by atomic mass is 10.1. The Morgan fingerprint density at radius 3 is 2.33 bits per heavy atom. The molecule has 27 heavy (non-hydrogen) atoms. The largest absolute Gasteiger partial charge is 0.473 e. The first-order valence-corrected chi connectivity index (χ1v) is 9.00. The molecule has 0 unspecified atom stereocenters. The molecule has 0 spiro atoms. The smallest absolute Gasteiger partial charge is 0.303 e. The predicted molar refractivity (Wildman–Crippen MR) is 92.5 cm³/mol. The van der Waals surface area contributed by atoms with E-state index < -0.39 is 41.7 Å². The van der Waals surface area contributed by atoms with Gasteiger partial charge in [-0.15, -0.1) is 11.8 Å². The third kappa shape index (κ3) is 5.59. The molecular weight excluding hydrogens is 376 g/mol. The summed E-state index contributed by atoms with van der Waals surface area (Å²) < 4.78 is 21.6. The van der Waals surface area contributed by atoms with Crippen LogP contribution in [-0.4, -0.2) is 52.4 Å². The van der Waals surface area contributed by atoms with Gasteiger partial charge in [-0.05, 0) is 6.07 Å². The summed E-state index contributed by atoms with van der Waals surface area (Å²) in [4.78, 5) is 38.4. The van der Waals surface area contributed by atoms with Crippen molar-refractivity contribution < 1.29 is 33.3 Å². The maximum Gasteiger partial charge on any atom is 0.303 e. The van der Waals surface area contributed by atoms with Crippen molar-refractivity contribution in [3.8, 4) is 11.8 Å². The lowest BCUT2D eigenvalue weighted by molar-refractivity contribution is -0.186. The summed E-state index contributed by atoms with van der Waals surface area (Å²) in [6.45, 7) is 3.63. The third-order valence-corrected chi connectivity index (χ3v) is 4.67. The van der Waals surface area contributed by atoms with Gasteiger partial charge in [-0.25, -0.2) is 0 Å². The van der Waals surface area contributed by atoms with E-state index in [1.165, 1.54) is 51.0 Å². The molecule has 2 rings (SSSR count). The standard InChI is InChI=1S/C17H18N2O7S/c1-9(20)23-14-8-27-17(26-13-7-19-5-4-12(13)6-18)16(25-11(3)22)15(14)24-10(2)21/h4-5,7,14-17H,8H2,1-3H3/t14-,15+,16-,17-/m1/s1. The van der Waals surface area contributed by atoms with E-state index in [9.17, 15) is 19.6 Å². The Balaban J connectivity index is 2.32. The Bertz CT molecular complexity index is 764. The van der Waals surface area contributed by atoms with Gasteiger partial charge in [-0.1, -0.05) is 0 Å². The van der Waals surface area contributed by atoms with Gasteiger partial charge >= 0.3 is 17.9 Å². The molecular formula is C17H18N2O7S. The molecule has 2 heterocycles. The molecule has 0 aliphatic carbocycles. The molecule has 4 atom stereocenters. The van der Waals surface area contributed by atoms with Crippen molar-refractivity contribution in [3.63, 3.8) is 0 Å². The molecule has 1 aromatic rings. The number of hydrogen-bond donors (Lipinski definition) is 0. The van der Waals surface area contributed by atoms with Gasteiger partial charge in [0.15, 0.2) is 29.5 Å². The number of aromatic nitrogens is 1. The van der Waals surface area contributed by atoms with Crippen molar-refractivity contribution in [1.82, 2.24) is 4.98 Å². The van der Waals surface area contributed by atoms with E-state index in [0.29, 0.717) is 0 Å². The second-order valence-electron chi connectivity index (χ2n) is 5.60. The van der Waals surface area contributed by atoms with Crippen LogP contribution in [-0.2, 0) is 28.6 Å². The van der Waals surface area contributed by atoms with Gasteiger partial charge < -0.3 is 18.9 Å². The average molecular weight is 394 g/mol. The van der Waals surface area contributed by atoms with Crippen LogP contribution in [0.5, 0.6) is 5.75 Å². The number of nitriles is 1. The molecule has 0 saturated carbocycles. The molecule has 0 aromatic carbocycles. The van der Waals surface area contributed by atoms with Crippen LogP contribution >= 0.6 is 11.8 Å². The number of nitrogens with zero attached hydrogens (tertiary/aromatic N) is 2. The van der Waals surface area contributed by atoms with Crippen molar-refractivity contribution in [2.24, 2.45) is 0 Å². The molecule has 0 N–H and O–H groups in total. The SMILES string of the molecule is CC(=O)O[C@@H]1[C@@H](OC(C)=O)[C@H](OC(C)=O)CS[C@H]1Oc1cnccc1C#N. The number of esters is 3. The Morgan fingerprint density at radius 2 is 1.74 bits per heavy atom. The second kappa shape index (κ2) is 9.23. The first kappa shape index (κ1) is 20.5. The van der Waals surface area contributed by atoms with Crippen LogP contribution < -0.4 is 4.74 Å². The van der Waals surface area contributed by atoms with E-state index in [1.807, 2.05) is 6.07 Å². The molecule has 0 amide bonds. The molecule has 10 heteroatoms. The van der Waals surface area contributed by atoms with Crippen LogP contribution in [0.2, 0.25) is 0 Å².